The molecule has 1 N–H and O–H groups in total. The largest absolute Gasteiger partial charge is 0.461 e. The van der Waals surface area contributed by atoms with Crippen molar-refractivity contribution in [3.05, 3.63) is 35.9 Å². The minimum Gasteiger partial charge on any atom is -0.461 e. The van der Waals surface area contributed by atoms with Gasteiger partial charge in [-0.1, -0.05) is 44.2 Å². The first kappa shape index (κ1) is 25.4. The number of likely N-dealkylation sites (tertiary alicyclic amines) is 1. The zero-order chi connectivity index (χ0) is 24.2. The van der Waals surface area contributed by atoms with Crippen molar-refractivity contribution in [3.63, 3.8) is 0 Å². The molecule has 0 aliphatic carbocycles. The van der Waals surface area contributed by atoms with Crippen LogP contribution in [0.1, 0.15) is 65.4 Å². The van der Waals surface area contributed by atoms with Crippen molar-refractivity contribution >= 4 is 17.7 Å². The van der Waals surface area contributed by atoms with Crippen molar-refractivity contribution in [2.45, 2.75) is 90.3 Å². The summed E-state index contributed by atoms with van der Waals surface area (Å²) in [5, 5.41) is 11.0. The predicted molar refractivity (Wildman–Crippen MR) is 123 cm³/mol. The van der Waals surface area contributed by atoms with Gasteiger partial charge in [0.25, 0.3) is 5.91 Å². The van der Waals surface area contributed by atoms with Crippen molar-refractivity contribution in [1.82, 2.24) is 4.90 Å². The summed E-state index contributed by atoms with van der Waals surface area (Å²) in [6.07, 6.45) is 3.00. The lowest BCUT2D eigenvalue weighted by Gasteiger charge is -2.34. The minimum atomic E-state index is -2.55. The van der Waals surface area contributed by atoms with Gasteiger partial charge >= 0.3 is 11.8 Å². The number of esters is 1. The fourth-order valence-electron chi connectivity index (χ4n) is 4.88. The van der Waals surface area contributed by atoms with E-state index in [1.807, 2.05) is 25.1 Å². The lowest BCUT2D eigenvalue weighted by Crippen LogP contribution is -2.59. The van der Waals surface area contributed by atoms with Crippen LogP contribution in [-0.4, -0.2) is 58.2 Å². The number of benzene rings is 1. The van der Waals surface area contributed by atoms with Crippen molar-refractivity contribution in [1.29, 1.82) is 0 Å². The smallest absolute Gasteiger partial charge is 0.329 e. The standard InChI is InChI=1S/C26H37NO6/c1-5-21(16-20-10-7-6-8-11-20)19(4)32-24(29)22-12-9-15-27(22)25(30)26(31)23(28)17(2)13-14-18(3)33-26/h6-8,10-11,17-19,21-22,31H,5,9,12-16H2,1-4H3/t17-,18?,19+,21-,22+,26?/m1/s1. The molecule has 7 nitrogen and oxygen atoms in total. The number of amides is 1. The predicted octanol–water partition coefficient (Wildman–Crippen LogP) is 3.27. The minimum absolute atomic E-state index is 0.138. The maximum absolute atomic E-state index is 13.3. The molecular formula is C26H37NO6. The summed E-state index contributed by atoms with van der Waals surface area (Å²) in [4.78, 5) is 40.5. The molecule has 6 atom stereocenters. The van der Waals surface area contributed by atoms with Gasteiger partial charge in [0.15, 0.2) is 0 Å². The molecule has 0 radical (unpaired) electrons. The van der Waals surface area contributed by atoms with Gasteiger partial charge in [-0.25, -0.2) is 4.79 Å². The van der Waals surface area contributed by atoms with Crippen LogP contribution < -0.4 is 0 Å². The zero-order valence-electron chi connectivity index (χ0n) is 20.2. The third-order valence-electron chi connectivity index (χ3n) is 7.07. The molecule has 1 aromatic rings. The molecule has 0 aromatic heterocycles. The number of carbonyl (C=O) groups is 3. The quantitative estimate of drug-likeness (QED) is 0.497. The van der Waals surface area contributed by atoms with Crippen LogP contribution in [-0.2, 0) is 30.3 Å². The summed E-state index contributed by atoms with van der Waals surface area (Å²) in [6, 6.07) is 9.23. The summed E-state index contributed by atoms with van der Waals surface area (Å²) < 4.78 is 11.4. The lowest BCUT2D eigenvalue weighted by molar-refractivity contribution is -0.225. The first-order valence-electron chi connectivity index (χ1n) is 12.2. The molecule has 2 saturated heterocycles. The van der Waals surface area contributed by atoms with E-state index in [1.165, 1.54) is 10.5 Å². The Hall–Kier alpha value is -2.25. The fraction of sp³-hybridized carbons (Fsp3) is 0.654. The molecule has 2 fully saturated rings. The second kappa shape index (κ2) is 10.8. The maximum atomic E-state index is 13.3. The highest BCUT2D eigenvalue weighted by molar-refractivity contribution is 6.09. The molecule has 2 aliphatic rings. The number of aliphatic hydroxyl groups is 1. The van der Waals surface area contributed by atoms with Crippen LogP contribution in [0.2, 0.25) is 0 Å². The van der Waals surface area contributed by atoms with E-state index >= 15 is 0 Å². The summed E-state index contributed by atoms with van der Waals surface area (Å²) in [5.41, 5.74) is 1.18. The fourth-order valence-corrected chi connectivity index (χ4v) is 4.88. The SMILES string of the molecule is CC[C@H](Cc1ccccc1)[C@H](C)OC(=O)[C@@H]1CCCN1C(=O)C1(O)OC(C)CC[C@@H](C)C1=O. The van der Waals surface area contributed by atoms with Crippen molar-refractivity contribution in [2.75, 3.05) is 6.54 Å². The van der Waals surface area contributed by atoms with Gasteiger partial charge in [0.2, 0.25) is 5.78 Å². The van der Waals surface area contributed by atoms with Gasteiger partial charge < -0.3 is 19.5 Å². The number of rotatable bonds is 7. The zero-order valence-corrected chi connectivity index (χ0v) is 20.2. The Morgan fingerprint density at radius 3 is 2.58 bits per heavy atom. The Morgan fingerprint density at radius 1 is 1.21 bits per heavy atom. The highest BCUT2D eigenvalue weighted by Crippen LogP contribution is 2.31. The van der Waals surface area contributed by atoms with Gasteiger partial charge in [0.05, 0.1) is 6.10 Å². The highest BCUT2D eigenvalue weighted by Gasteiger charge is 2.54. The van der Waals surface area contributed by atoms with Crippen molar-refractivity contribution in [2.24, 2.45) is 11.8 Å². The van der Waals surface area contributed by atoms with E-state index in [9.17, 15) is 19.5 Å². The Bertz CT molecular complexity index is 842. The van der Waals surface area contributed by atoms with Crippen LogP contribution in [0.4, 0.5) is 0 Å². The van der Waals surface area contributed by atoms with E-state index in [4.69, 9.17) is 9.47 Å². The molecule has 0 spiro atoms. The number of hydrogen-bond acceptors (Lipinski definition) is 6. The normalized spacial score (nSPS) is 29.9. The number of carbonyl (C=O) groups excluding carboxylic acids is 3. The molecule has 182 valence electrons. The Balaban J connectivity index is 1.70. The second-order valence-electron chi connectivity index (χ2n) is 9.57. The number of nitrogens with zero attached hydrogens (tertiary/aromatic N) is 1. The van der Waals surface area contributed by atoms with E-state index < -0.39 is 41.5 Å². The summed E-state index contributed by atoms with van der Waals surface area (Å²) in [5.74, 6) is -4.90. The number of hydrogen-bond donors (Lipinski definition) is 1. The molecule has 1 aromatic carbocycles. The second-order valence-corrected chi connectivity index (χ2v) is 9.57. The van der Waals surface area contributed by atoms with Crippen molar-refractivity contribution < 1.29 is 29.0 Å². The molecule has 7 heteroatoms. The Labute approximate surface area is 196 Å². The third-order valence-corrected chi connectivity index (χ3v) is 7.07. The monoisotopic (exact) mass is 459 g/mol. The first-order chi connectivity index (χ1) is 15.7. The van der Waals surface area contributed by atoms with Gasteiger partial charge in [-0.3, -0.25) is 9.59 Å². The van der Waals surface area contributed by atoms with Gasteiger partial charge in [0.1, 0.15) is 12.1 Å². The van der Waals surface area contributed by atoms with Crippen LogP contribution in [0.15, 0.2) is 30.3 Å². The number of ether oxygens (including phenoxy) is 2. The van der Waals surface area contributed by atoms with E-state index in [0.717, 1.165) is 12.8 Å². The molecule has 1 amide bonds. The maximum Gasteiger partial charge on any atom is 0.329 e. The Morgan fingerprint density at radius 2 is 1.91 bits per heavy atom. The lowest BCUT2D eigenvalue weighted by atomic mass is 9.92. The topological polar surface area (TPSA) is 93.1 Å². The molecule has 3 rings (SSSR count). The van der Waals surface area contributed by atoms with Gasteiger partial charge in [0, 0.05) is 12.5 Å². The summed E-state index contributed by atoms with van der Waals surface area (Å²) in [6.45, 7) is 7.65. The van der Waals surface area contributed by atoms with Crippen molar-refractivity contribution in [3.8, 4) is 0 Å². The molecule has 0 saturated carbocycles. The van der Waals surface area contributed by atoms with Gasteiger partial charge in [-0.15, -0.1) is 0 Å². The molecule has 2 unspecified atom stereocenters. The summed E-state index contributed by atoms with van der Waals surface area (Å²) >= 11 is 0. The average Bonchev–Trinajstić information content (AvgIpc) is 3.27. The molecule has 0 bridgehead atoms. The van der Waals surface area contributed by atoms with E-state index in [2.05, 4.69) is 19.1 Å². The van der Waals surface area contributed by atoms with Crippen LogP contribution in [0.3, 0.4) is 0 Å². The number of ketones is 1. The average molecular weight is 460 g/mol. The van der Waals surface area contributed by atoms with Crippen LogP contribution in [0, 0.1) is 11.8 Å². The number of Topliss-reactive ketones (excluding diaryl/α,β-unsaturated/α-hetero) is 1. The summed E-state index contributed by atoms with van der Waals surface area (Å²) in [7, 11) is 0. The molecule has 2 aliphatic heterocycles. The highest BCUT2D eigenvalue weighted by atomic mass is 16.6. The van der Waals surface area contributed by atoms with Crippen LogP contribution >= 0.6 is 0 Å². The van der Waals surface area contributed by atoms with Crippen LogP contribution in [0.5, 0.6) is 0 Å². The molecule has 33 heavy (non-hydrogen) atoms. The van der Waals surface area contributed by atoms with Crippen LogP contribution in [0.25, 0.3) is 0 Å². The Kier molecular flexibility index (Phi) is 8.29. The van der Waals surface area contributed by atoms with Gasteiger partial charge in [-0.05, 0) is 63.9 Å². The molecular weight excluding hydrogens is 422 g/mol. The molecule has 2 heterocycles. The third kappa shape index (κ3) is 5.64. The van der Waals surface area contributed by atoms with E-state index in [0.29, 0.717) is 25.7 Å². The van der Waals surface area contributed by atoms with Gasteiger partial charge in [-0.2, -0.15) is 0 Å². The first-order valence-corrected chi connectivity index (χ1v) is 12.2. The van der Waals surface area contributed by atoms with E-state index in [-0.39, 0.29) is 18.6 Å². The van der Waals surface area contributed by atoms with E-state index in [1.54, 1.807) is 13.8 Å².